The third-order valence-corrected chi connectivity index (χ3v) is 7.37. The Morgan fingerprint density at radius 3 is 2.61 bits per heavy atom. The summed E-state index contributed by atoms with van der Waals surface area (Å²) >= 11 is 0. The summed E-state index contributed by atoms with van der Waals surface area (Å²) < 4.78 is 25.5. The smallest absolute Gasteiger partial charge is 0.249 e. The van der Waals surface area contributed by atoms with Gasteiger partial charge in [-0.3, -0.25) is 9.69 Å². The third-order valence-electron chi connectivity index (χ3n) is 7.37. The van der Waals surface area contributed by atoms with Crippen LogP contribution < -0.4 is 4.90 Å². The van der Waals surface area contributed by atoms with Gasteiger partial charge in [-0.2, -0.15) is 0 Å². The Kier molecular flexibility index (Phi) is 5.90. The first-order chi connectivity index (χ1) is 15.0. The van der Waals surface area contributed by atoms with Crippen molar-refractivity contribution in [3.63, 3.8) is 0 Å². The number of carbonyl (C=O) groups is 1. The van der Waals surface area contributed by atoms with Crippen LogP contribution in [-0.4, -0.2) is 97.1 Å². The number of hydrogen-bond acceptors (Lipinski definition) is 6. The number of anilines is 1. The molecule has 1 N–H and O–H groups in total. The first kappa shape index (κ1) is 21.1. The quantitative estimate of drug-likeness (QED) is 0.771. The lowest BCUT2D eigenvalue weighted by atomic mass is 9.90. The minimum atomic E-state index is -0.803. The average molecular weight is 434 g/mol. The van der Waals surface area contributed by atoms with E-state index < -0.39 is 5.60 Å². The van der Waals surface area contributed by atoms with Crippen molar-refractivity contribution in [1.29, 1.82) is 0 Å². The molecule has 0 radical (unpaired) electrons. The molecule has 1 aromatic carbocycles. The molecule has 2 atom stereocenters. The fourth-order valence-electron chi connectivity index (χ4n) is 5.71. The lowest BCUT2D eigenvalue weighted by molar-refractivity contribution is -0.159. The molecule has 4 saturated heterocycles. The molecule has 0 aliphatic carbocycles. The van der Waals surface area contributed by atoms with Crippen LogP contribution in [0.15, 0.2) is 24.3 Å². The van der Waals surface area contributed by atoms with Gasteiger partial charge in [0.05, 0.1) is 23.4 Å². The van der Waals surface area contributed by atoms with Crippen LogP contribution in [0.25, 0.3) is 0 Å². The number of carbonyl (C=O) groups excluding carboxylic acids is 1. The maximum Gasteiger partial charge on any atom is 0.249 e. The minimum absolute atomic E-state index is 0.00245. The van der Waals surface area contributed by atoms with Crippen molar-refractivity contribution in [2.24, 2.45) is 0 Å². The summed E-state index contributed by atoms with van der Waals surface area (Å²) in [5.74, 6) is -0.140. The van der Waals surface area contributed by atoms with Gasteiger partial charge >= 0.3 is 0 Å². The molecule has 5 rings (SSSR count). The number of aliphatic hydroxyl groups is 1. The number of para-hydroxylation sites is 1. The number of benzene rings is 1. The van der Waals surface area contributed by atoms with Crippen LogP contribution in [0.3, 0.4) is 0 Å². The van der Waals surface area contributed by atoms with Crippen molar-refractivity contribution in [1.82, 2.24) is 9.80 Å². The summed E-state index contributed by atoms with van der Waals surface area (Å²) in [7, 11) is 0. The maximum atomic E-state index is 14.1. The van der Waals surface area contributed by atoms with Gasteiger partial charge < -0.3 is 24.4 Å². The molecule has 0 aromatic heterocycles. The second-order valence-electron chi connectivity index (χ2n) is 9.42. The standard InChI is InChI=1S/C23H32FN3O4/c24-18-3-1-2-4-19(18)26-9-7-23(29,8-10-26)16-25-13-20-21(14-25)31-15-22(28)27(20)17-5-11-30-12-6-17/h1-4,17,20-21,29H,5-16H2/t20-,21-/m0/s1. The van der Waals surface area contributed by atoms with Crippen molar-refractivity contribution in [3.05, 3.63) is 30.1 Å². The van der Waals surface area contributed by atoms with Crippen molar-refractivity contribution in [2.45, 2.75) is 49.5 Å². The molecule has 7 nitrogen and oxygen atoms in total. The SMILES string of the molecule is O=C1CO[C@H]2CN(CC3(O)CCN(c4ccccc4F)CC3)C[C@@H]2N1C1CCOCC1. The molecule has 0 bridgehead atoms. The number of nitrogens with zero attached hydrogens (tertiary/aromatic N) is 3. The number of fused-ring (bicyclic) bond motifs is 1. The van der Waals surface area contributed by atoms with Crippen LogP contribution >= 0.6 is 0 Å². The largest absolute Gasteiger partial charge is 0.388 e. The Labute approximate surface area is 182 Å². The van der Waals surface area contributed by atoms with E-state index in [9.17, 15) is 14.3 Å². The van der Waals surface area contributed by atoms with E-state index in [1.807, 2.05) is 11.0 Å². The number of morpholine rings is 1. The van der Waals surface area contributed by atoms with Crippen molar-refractivity contribution >= 4 is 11.6 Å². The zero-order valence-corrected chi connectivity index (χ0v) is 17.9. The number of hydrogen-bond donors (Lipinski definition) is 1. The fraction of sp³-hybridized carbons (Fsp3) is 0.696. The molecule has 31 heavy (non-hydrogen) atoms. The van der Waals surface area contributed by atoms with Crippen LogP contribution in [0.5, 0.6) is 0 Å². The van der Waals surface area contributed by atoms with Crippen molar-refractivity contribution in [3.8, 4) is 0 Å². The van der Waals surface area contributed by atoms with Crippen LogP contribution in [0.1, 0.15) is 25.7 Å². The molecule has 4 fully saturated rings. The monoisotopic (exact) mass is 433 g/mol. The summed E-state index contributed by atoms with van der Waals surface area (Å²) in [4.78, 5) is 19.0. The lowest BCUT2D eigenvalue weighted by Crippen LogP contribution is -2.59. The number of likely N-dealkylation sites (tertiary alicyclic amines) is 1. The number of β-amino-alcohol motifs (C(OH)–C–C–N with tert-alkyl or cyclic N) is 1. The maximum absolute atomic E-state index is 14.1. The Balaban J connectivity index is 1.20. The van der Waals surface area contributed by atoms with Gasteiger partial charge in [-0.1, -0.05) is 12.1 Å². The summed E-state index contributed by atoms with van der Waals surface area (Å²) in [6.07, 6.45) is 2.95. The molecular weight excluding hydrogens is 401 g/mol. The van der Waals surface area contributed by atoms with Gasteiger partial charge in [-0.25, -0.2) is 4.39 Å². The molecule has 0 saturated carbocycles. The average Bonchev–Trinajstić information content (AvgIpc) is 3.17. The minimum Gasteiger partial charge on any atom is -0.388 e. The van der Waals surface area contributed by atoms with Crippen molar-refractivity contribution in [2.75, 3.05) is 57.4 Å². The van der Waals surface area contributed by atoms with Crippen molar-refractivity contribution < 1.29 is 23.8 Å². The molecule has 1 amide bonds. The highest BCUT2D eigenvalue weighted by molar-refractivity contribution is 5.79. The number of rotatable bonds is 4. The number of piperidine rings is 1. The van der Waals surface area contributed by atoms with E-state index in [4.69, 9.17) is 9.47 Å². The van der Waals surface area contributed by atoms with E-state index in [2.05, 4.69) is 9.80 Å². The normalized spacial score (nSPS) is 29.9. The highest BCUT2D eigenvalue weighted by Gasteiger charge is 2.47. The van der Waals surface area contributed by atoms with Gasteiger partial charge in [0.15, 0.2) is 0 Å². The molecular formula is C23H32FN3O4. The van der Waals surface area contributed by atoms with Crippen LogP contribution in [0.4, 0.5) is 10.1 Å². The van der Waals surface area contributed by atoms with E-state index >= 15 is 0 Å². The zero-order chi connectivity index (χ0) is 21.4. The molecule has 8 heteroatoms. The Bertz CT molecular complexity index is 795. The summed E-state index contributed by atoms with van der Waals surface area (Å²) in [5, 5.41) is 11.3. The van der Waals surface area contributed by atoms with Gasteiger partial charge in [-0.15, -0.1) is 0 Å². The third kappa shape index (κ3) is 4.31. The highest BCUT2D eigenvalue weighted by atomic mass is 19.1. The predicted molar refractivity (Wildman–Crippen MR) is 113 cm³/mol. The number of amides is 1. The van der Waals surface area contributed by atoms with Crippen LogP contribution in [-0.2, 0) is 14.3 Å². The second kappa shape index (κ2) is 8.65. The number of halogens is 1. The Morgan fingerprint density at radius 1 is 1.13 bits per heavy atom. The first-order valence-corrected chi connectivity index (χ1v) is 11.5. The molecule has 1 aromatic rings. The van der Waals surface area contributed by atoms with Gasteiger partial charge in [0, 0.05) is 52.0 Å². The molecule has 0 unspecified atom stereocenters. The molecule has 4 heterocycles. The van der Waals surface area contributed by atoms with Crippen LogP contribution in [0, 0.1) is 5.82 Å². The van der Waals surface area contributed by atoms with E-state index in [0.29, 0.717) is 51.4 Å². The predicted octanol–water partition coefficient (Wildman–Crippen LogP) is 1.25. The van der Waals surface area contributed by atoms with Gasteiger partial charge in [-0.05, 0) is 37.8 Å². The van der Waals surface area contributed by atoms with E-state index in [0.717, 1.165) is 25.9 Å². The Hall–Kier alpha value is -1.74. The summed E-state index contributed by atoms with van der Waals surface area (Å²) in [6.45, 7) is 4.83. The van der Waals surface area contributed by atoms with Gasteiger partial charge in [0.1, 0.15) is 12.4 Å². The fourth-order valence-corrected chi connectivity index (χ4v) is 5.71. The van der Waals surface area contributed by atoms with Gasteiger partial charge in [0.25, 0.3) is 0 Å². The van der Waals surface area contributed by atoms with Crippen LogP contribution in [0.2, 0.25) is 0 Å². The topological polar surface area (TPSA) is 65.5 Å². The molecule has 4 aliphatic rings. The molecule has 4 aliphatic heterocycles. The summed E-state index contributed by atoms with van der Waals surface area (Å²) in [6, 6.07) is 7.09. The number of ether oxygens (including phenoxy) is 2. The van der Waals surface area contributed by atoms with E-state index in [1.165, 1.54) is 6.07 Å². The Morgan fingerprint density at radius 2 is 1.87 bits per heavy atom. The lowest BCUT2D eigenvalue weighted by Gasteiger charge is -2.43. The summed E-state index contributed by atoms with van der Waals surface area (Å²) in [5.41, 5.74) is -0.196. The van der Waals surface area contributed by atoms with E-state index in [-0.39, 0.29) is 36.5 Å². The first-order valence-electron chi connectivity index (χ1n) is 11.5. The second-order valence-corrected chi connectivity index (χ2v) is 9.42. The van der Waals surface area contributed by atoms with E-state index in [1.54, 1.807) is 12.1 Å². The highest BCUT2D eigenvalue weighted by Crippen LogP contribution is 2.32. The zero-order valence-electron chi connectivity index (χ0n) is 17.9. The van der Waals surface area contributed by atoms with Gasteiger partial charge in [0.2, 0.25) is 5.91 Å². The molecule has 170 valence electrons. The molecule has 0 spiro atoms.